The van der Waals surface area contributed by atoms with Crippen LogP contribution in [-0.4, -0.2) is 21.4 Å². The molecule has 4 nitrogen and oxygen atoms in total. The Morgan fingerprint density at radius 2 is 2.21 bits per heavy atom. The molecule has 2 atom stereocenters. The van der Waals surface area contributed by atoms with Gasteiger partial charge in [-0.1, -0.05) is 16.8 Å². The Morgan fingerprint density at radius 3 is 2.89 bits per heavy atom. The summed E-state index contributed by atoms with van der Waals surface area (Å²) in [6.07, 6.45) is 2.32. The number of nitrogens with zero attached hydrogens (tertiary/aromatic N) is 2. The topological polar surface area (TPSA) is 59.2 Å². The number of aliphatic hydroxyl groups is 1. The maximum absolute atomic E-state index is 9.85. The van der Waals surface area contributed by atoms with Crippen LogP contribution < -0.4 is 0 Å². The summed E-state index contributed by atoms with van der Waals surface area (Å²) in [5, 5.41) is 14.5. The normalized spacial score (nSPS) is 22.9. The summed E-state index contributed by atoms with van der Waals surface area (Å²) in [5.41, 5.74) is 0.832. The first kappa shape index (κ1) is 13.1. The van der Waals surface area contributed by atoms with E-state index in [1.807, 2.05) is 12.1 Å². The third-order valence-corrected chi connectivity index (χ3v) is 4.63. The van der Waals surface area contributed by atoms with E-state index in [1.54, 1.807) is 6.07 Å². The molecule has 0 aliphatic heterocycles. The predicted molar refractivity (Wildman–Crippen MR) is 75.0 cm³/mol. The highest BCUT2D eigenvalue weighted by molar-refractivity contribution is 9.10. The van der Waals surface area contributed by atoms with Crippen LogP contribution in [0.4, 0.5) is 0 Å². The quantitative estimate of drug-likeness (QED) is 0.901. The van der Waals surface area contributed by atoms with Crippen LogP contribution in [0.5, 0.6) is 0 Å². The second-order valence-electron chi connectivity index (χ2n) is 4.69. The molecule has 1 aromatic heterocycles. The zero-order chi connectivity index (χ0) is 13.4. The second-order valence-corrected chi connectivity index (χ2v) is 5.95. The van der Waals surface area contributed by atoms with Crippen molar-refractivity contribution in [2.75, 3.05) is 0 Å². The molecule has 1 heterocycles. The lowest BCUT2D eigenvalue weighted by Crippen LogP contribution is -2.11. The Balaban J connectivity index is 1.90. The van der Waals surface area contributed by atoms with E-state index in [1.165, 1.54) is 0 Å². The van der Waals surface area contributed by atoms with Gasteiger partial charge in [0.2, 0.25) is 11.7 Å². The molecule has 0 amide bonds. The van der Waals surface area contributed by atoms with Crippen LogP contribution in [0, 0.1) is 0 Å². The van der Waals surface area contributed by atoms with E-state index >= 15 is 0 Å². The minimum Gasteiger partial charge on any atom is -0.392 e. The maximum Gasteiger partial charge on any atom is 0.232 e. The average Bonchev–Trinajstić information content (AvgIpc) is 3.01. The first-order valence-corrected chi connectivity index (χ1v) is 7.29. The van der Waals surface area contributed by atoms with Crippen molar-refractivity contribution in [2.45, 2.75) is 31.3 Å². The van der Waals surface area contributed by atoms with Crippen LogP contribution in [0.15, 0.2) is 27.2 Å². The van der Waals surface area contributed by atoms with Crippen LogP contribution in [-0.2, 0) is 0 Å². The number of aliphatic hydroxyl groups excluding tert-OH is 1. The molecule has 1 aliphatic carbocycles. The number of rotatable bonds is 2. The highest BCUT2D eigenvalue weighted by Gasteiger charge is 2.31. The van der Waals surface area contributed by atoms with E-state index in [4.69, 9.17) is 16.1 Å². The Labute approximate surface area is 123 Å². The van der Waals surface area contributed by atoms with Gasteiger partial charge in [0.25, 0.3) is 0 Å². The summed E-state index contributed by atoms with van der Waals surface area (Å²) >= 11 is 9.32. The molecule has 2 unspecified atom stereocenters. The summed E-state index contributed by atoms with van der Waals surface area (Å²) < 4.78 is 6.06. The van der Waals surface area contributed by atoms with Gasteiger partial charge in [0.05, 0.1) is 17.0 Å². The molecule has 0 saturated heterocycles. The van der Waals surface area contributed by atoms with Gasteiger partial charge < -0.3 is 9.63 Å². The van der Waals surface area contributed by atoms with Gasteiger partial charge in [0, 0.05) is 10.0 Å². The predicted octanol–water partition coefficient (Wildman–Crippen LogP) is 3.78. The lowest BCUT2D eigenvalue weighted by molar-refractivity contribution is 0.148. The monoisotopic (exact) mass is 342 g/mol. The highest BCUT2D eigenvalue weighted by Crippen LogP contribution is 2.35. The maximum atomic E-state index is 9.85. The van der Waals surface area contributed by atoms with E-state index < -0.39 is 0 Å². The largest absolute Gasteiger partial charge is 0.392 e. The summed E-state index contributed by atoms with van der Waals surface area (Å²) in [4.78, 5) is 4.38. The number of benzene rings is 1. The van der Waals surface area contributed by atoms with Crippen molar-refractivity contribution in [3.63, 3.8) is 0 Å². The Morgan fingerprint density at radius 1 is 1.37 bits per heavy atom. The zero-order valence-corrected chi connectivity index (χ0v) is 12.4. The third kappa shape index (κ3) is 2.55. The number of hydrogen-bond donors (Lipinski definition) is 1. The molecule has 0 spiro atoms. The minimum atomic E-state index is -0.370. The van der Waals surface area contributed by atoms with Gasteiger partial charge in [-0.2, -0.15) is 4.98 Å². The van der Waals surface area contributed by atoms with Crippen LogP contribution in [0.3, 0.4) is 0 Å². The molecule has 1 aromatic carbocycles. The molecule has 0 bridgehead atoms. The first-order valence-electron chi connectivity index (χ1n) is 6.12. The van der Waals surface area contributed by atoms with Gasteiger partial charge in [0.1, 0.15) is 0 Å². The standard InChI is InChI=1S/C13H12BrClN2O2/c14-9-6-7(4-5-10(9)15)12-16-13(19-17-12)8-2-1-3-11(8)18/h4-6,8,11,18H,1-3H2. The summed E-state index contributed by atoms with van der Waals surface area (Å²) in [5.74, 6) is 1.01. The van der Waals surface area contributed by atoms with Crippen molar-refractivity contribution in [2.24, 2.45) is 0 Å². The SMILES string of the molecule is OC1CCCC1c1nc(-c2ccc(Cl)c(Br)c2)no1. The van der Waals surface area contributed by atoms with E-state index in [-0.39, 0.29) is 12.0 Å². The Bertz CT molecular complexity index is 602. The number of hydrogen-bond acceptors (Lipinski definition) is 4. The second kappa shape index (κ2) is 5.23. The van der Waals surface area contributed by atoms with Crippen LogP contribution >= 0.6 is 27.5 Å². The molecule has 6 heteroatoms. The third-order valence-electron chi connectivity index (χ3n) is 3.42. The molecule has 2 aromatic rings. The molecular formula is C13H12BrClN2O2. The first-order chi connectivity index (χ1) is 9.15. The average molecular weight is 344 g/mol. The van der Waals surface area contributed by atoms with E-state index in [2.05, 4.69) is 26.1 Å². The summed E-state index contributed by atoms with van der Waals surface area (Å²) in [6.45, 7) is 0. The van der Waals surface area contributed by atoms with Gasteiger partial charge >= 0.3 is 0 Å². The molecule has 1 aliphatic rings. The fourth-order valence-electron chi connectivity index (χ4n) is 2.37. The van der Waals surface area contributed by atoms with Gasteiger partial charge in [-0.15, -0.1) is 0 Å². The minimum absolute atomic E-state index is 0.0306. The summed E-state index contributed by atoms with van der Waals surface area (Å²) in [6, 6.07) is 5.47. The van der Waals surface area contributed by atoms with E-state index in [0.717, 1.165) is 29.3 Å². The summed E-state index contributed by atoms with van der Waals surface area (Å²) in [7, 11) is 0. The fourth-order valence-corrected chi connectivity index (χ4v) is 2.86. The molecule has 0 radical (unpaired) electrons. The van der Waals surface area contributed by atoms with Crippen molar-refractivity contribution in [3.05, 3.63) is 33.6 Å². The lowest BCUT2D eigenvalue weighted by Gasteiger charge is -2.07. The lowest BCUT2D eigenvalue weighted by atomic mass is 10.1. The van der Waals surface area contributed by atoms with Crippen molar-refractivity contribution in [1.29, 1.82) is 0 Å². The fraction of sp³-hybridized carbons (Fsp3) is 0.385. The van der Waals surface area contributed by atoms with Crippen LogP contribution in [0.25, 0.3) is 11.4 Å². The molecular weight excluding hydrogens is 332 g/mol. The number of aromatic nitrogens is 2. The zero-order valence-electron chi connectivity index (χ0n) is 10.0. The molecule has 3 rings (SSSR count). The van der Waals surface area contributed by atoms with E-state index in [0.29, 0.717) is 16.7 Å². The number of halogens is 2. The Hall–Kier alpha value is -0.910. The highest BCUT2D eigenvalue weighted by atomic mass is 79.9. The van der Waals surface area contributed by atoms with Gasteiger partial charge in [-0.3, -0.25) is 0 Å². The van der Waals surface area contributed by atoms with Gasteiger partial charge in [-0.05, 0) is 53.4 Å². The molecule has 1 fully saturated rings. The molecule has 100 valence electrons. The molecule has 1 saturated carbocycles. The van der Waals surface area contributed by atoms with Crippen LogP contribution in [0.2, 0.25) is 5.02 Å². The van der Waals surface area contributed by atoms with Crippen molar-refractivity contribution < 1.29 is 9.63 Å². The van der Waals surface area contributed by atoms with Crippen LogP contribution in [0.1, 0.15) is 31.1 Å². The Kier molecular flexibility index (Phi) is 3.60. The van der Waals surface area contributed by atoms with Gasteiger partial charge in [-0.25, -0.2) is 0 Å². The van der Waals surface area contributed by atoms with Gasteiger partial charge in [0.15, 0.2) is 0 Å². The molecule has 19 heavy (non-hydrogen) atoms. The molecule has 1 N–H and O–H groups in total. The van der Waals surface area contributed by atoms with Crippen molar-refractivity contribution in [3.8, 4) is 11.4 Å². The van der Waals surface area contributed by atoms with Crippen molar-refractivity contribution in [1.82, 2.24) is 10.1 Å². The van der Waals surface area contributed by atoms with Crippen molar-refractivity contribution >= 4 is 27.5 Å². The van der Waals surface area contributed by atoms with E-state index in [9.17, 15) is 5.11 Å². The smallest absolute Gasteiger partial charge is 0.232 e.